The van der Waals surface area contributed by atoms with E-state index in [1.807, 2.05) is 36.4 Å². The molecule has 0 unspecified atom stereocenters. The van der Waals surface area contributed by atoms with E-state index in [2.05, 4.69) is 15.6 Å². The average molecular weight is 410 g/mol. The van der Waals surface area contributed by atoms with Crippen molar-refractivity contribution >= 4 is 16.9 Å². The fourth-order valence-electron chi connectivity index (χ4n) is 3.11. The van der Waals surface area contributed by atoms with Crippen LogP contribution in [0.2, 0.25) is 0 Å². The van der Waals surface area contributed by atoms with Crippen molar-refractivity contribution in [2.45, 2.75) is 19.3 Å². The van der Waals surface area contributed by atoms with Crippen molar-refractivity contribution in [1.82, 2.24) is 20.3 Å². The van der Waals surface area contributed by atoms with Gasteiger partial charge < -0.3 is 5.32 Å². The van der Waals surface area contributed by atoms with Gasteiger partial charge in [-0.25, -0.2) is 4.68 Å². The molecule has 0 atom stereocenters. The molecule has 1 heterocycles. The van der Waals surface area contributed by atoms with Crippen molar-refractivity contribution in [3.8, 4) is 0 Å². The Morgan fingerprint density at radius 2 is 1.70 bits per heavy atom. The molecule has 5 nitrogen and oxygen atoms in total. The molecule has 8 heteroatoms. The molecule has 0 spiro atoms. The third-order valence-corrected chi connectivity index (χ3v) is 4.68. The zero-order valence-corrected chi connectivity index (χ0v) is 15.7. The Morgan fingerprint density at radius 3 is 2.47 bits per heavy atom. The van der Waals surface area contributed by atoms with Crippen molar-refractivity contribution in [1.29, 1.82) is 0 Å². The van der Waals surface area contributed by atoms with E-state index in [4.69, 9.17) is 0 Å². The van der Waals surface area contributed by atoms with Crippen LogP contribution in [0.3, 0.4) is 0 Å². The van der Waals surface area contributed by atoms with E-state index in [0.717, 1.165) is 28.7 Å². The number of para-hydroxylation sites is 1. The SMILES string of the molecule is O=C(NCc1cccc(C(F)(F)F)c1)c1ccc(Cn2nnc3ccccc32)cc1. The standard InChI is InChI=1S/C22H17F3N4O/c23-22(24,25)18-5-3-4-16(12-18)13-26-21(30)17-10-8-15(9-11-17)14-29-20-7-2-1-6-19(20)27-28-29/h1-12H,13-14H2,(H,26,30). The van der Waals surface area contributed by atoms with Crippen molar-refractivity contribution < 1.29 is 18.0 Å². The smallest absolute Gasteiger partial charge is 0.348 e. The minimum atomic E-state index is -4.41. The van der Waals surface area contributed by atoms with E-state index in [1.54, 1.807) is 22.9 Å². The van der Waals surface area contributed by atoms with Crippen LogP contribution >= 0.6 is 0 Å². The number of nitrogens with zero attached hydrogens (tertiary/aromatic N) is 3. The highest BCUT2D eigenvalue weighted by atomic mass is 19.4. The summed E-state index contributed by atoms with van der Waals surface area (Å²) in [6.07, 6.45) is -4.41. The van der Waals surface area contributed by atoms with Gasteiger partial charge >= 0.3 is 6.18 Å². The molecule has 4 aromatic rings. The van der Waals surface area contributed by atoms with Gasteiger partial charge in [0.25, 0.3) is 5.91 Å². The lowest BCUT2D eigenvalue weighted by Crippen LogP contribution is -2.23. The number of alkyl halides is 3. The maximum atomic E-state index is 12.8. The van der Waals surface area contributed by atoms with Crippen LogP contribution in [-0.4, -0.2) is 20.9 Å². The second kappa shape index (κ2) is 7.98. The van der Waals surface area contributed by atoms with E-state index in [9.17, 15) is 18.0 Å². The summed E-state index contributed by atoms with van der Waals surface area (Å²) in [5, 5.41) is 10.9. The number of amides is 1. The topological polar surface area (TPSA) is 59.8 Å². The van der Waals surface area contributed by atoms with Crippen LogP contribution in [0.1, 0.15) is 27.0 Å². The molecule has 0 bridgehead atoms. The van der Waals surface area contributed by atoms with Crippen LogP contribution in [0, 0.1) is 0 Å². The Balaban J connectivity index is 1.40. The van der Waals surface area contributed by atoms with Gasteiger partial charge in [0, 0.05) is 12.1 Å². The van der Waals surface area contributed by atoms with Crippen molar-refractivity contribution in [3.05, 3.63) is 95.1 Å². The van der Waals surface area contributed by atoms with E-state index in [0.29, 0.717) is 17.7 Å². The van der Waals surface area contributed by atoms with Crippen molar-refractivity contribution in [3.63, 3.8) is 0 Å². The first kappa shape index (κ1) is 19.6. The van der Waals surface area contributed by atoms with Crippen LogP contribution in [0.25, 0.3) is 11.0 Å². The van der Waals surface area contributed by atoms with Gasteiger partial charge in [-0.2, -0.15) is 13.2 Å². The Kier molecular flexibility index (Phi) is 5.22. The highest BCUT2D eigenvalue weighted by Crippen LogP contribution is 2.29. The molecule has 152 valence electrons. The van der Waals surface area contributed by atoms with Crippen LogP contribution in [-0.2, 0) is 19.3 Å². The van der Waals surface area contributed by atoms with Crippen molar-refractivity contribution in [2.75, 3.05) is 0 Å². The van der Waals surface area contributed by atoms with Gasteiger partial charge in [0.05, 0.1) is 17.6 Å². The highest BCUT2D eigenvalue weighted by Gasteiger charge is 2.30. The third-order valence-electron chi connectivity index (χ3n) is 4.68. The predicted molar refractivity (Wildman–Crippen MR) is 106 cm³/mol. The zero-order valence-electron chi connectivity index (χ0n) is 15.7. The Morgan fingerprint density at radius 1 is 0.933 bits per heavy atom. The number of carbonyl (C=O) groups is 1. The average Bonchev–Trinajstić information content (AvgIpc) is 3.15. The summed E-state index contributed by atoms with van der Waals surface area (Å²) in [5.74, 6) is -0.356. The first-order valence-corrected chi connectivity index (χ1v) is 9.22. The molecule has 30 heavy (non-hydrogen) atoms. The molecule has 1 N–H and O–H groups in total. The molecule has 0 aliphatic rings. The first-order chi connectivity index (χ1) is 14.4. The fourth-order valence-corrected chi connectivity index (χ4v) is 3.11. The number of hydrogen-bond acceptors (Lipinski definition) is 3. The minimum absolute atomic E-state index is 0.00938. The quantitative estimate of drug-likeness (QED) is 0.530. The van der Waals surface area contributed by atoms with Crippen LogP contribution in [0.4, 0.5) is 13.2 Å². The minimum Gasteiger partial charge on any atom is -0.348 e. The number of benzene rings is 3. The molecule has 1 amide bonds. The summed E-state index contributed by atoms with van der Waals surface area (Å²) in [5.41, 5.74) is 2.74. The summed E-state index contributed by atoms with van der Waals surface area (Å²) in [7, 11) is 0. The largest absolute Gasteiger partial charge is 0.416 e. The van der Waals surface area contributed by atoms with Crippen molar-refractivity contribution in [2.24, 2.45) is 0 Å². The van der Waals surface area contributed by atoms with Crippen LogP contribution in [0.15, 0.2) is 72.8 Å². The molecule has 0 radical (unpaired) electrons. The fraction of sp³-hybridized carbons (Fsp3) is 0.136. The molecule has 0 aliphatic carbocycles. The van der Waals surface area contributed by atoms with E-state index >= 15 is 0 Å². The van der Waals surface area contributed by atoms with Gasteiger partial charge in [-0.1, -0.05) is 41.6 Å². The number of hydrogen-bond donors (Lipinski definition) is 1. The number of fused-ring (bicyclic) bond motifs is 1. The van der Waals surface area contributed by atoms with Gasteiger partial charge in [-0.05, 0) is 47.5 Å². The molecule has 0 saturated heterocycles. The molecule has 1 aromatic heterocycles. The molecule has 4 rings (SSSR count). The Bertz CT molecular complexity index is 1180. The lowest BCUT2D eigenvalue weighted by molar-refractivity contribution is -0.137. The number of nitrogens with one attached hydrogen (secondary N) is 1. The monoisotopic (exact) mass is 410 g/mol. The van der Waals surface area contributed by atoms with Gasteiger partial charge in [-0.3, -0.25) is 4.79 Å². The van der Waals surface area contributed by atoms with Gasteiger partial charge in [0.1, 0.15) is 5.52 Å². The summed E-state index contributed by atoms with van der Waals surface area (Å²) >= 11 is 0. The summed E-state index contributed by atoms with van der Waals surface area (Å²) < 4.78 is 40.2. The van der Waals surface area contributed by atoms with E-state index < -0.39 is 11.7 Å². The molecular weight excluding hydrogens is 393 g/mol. The van der Waals surface area contributed by atoms with Crippen LogP contribution < -0.4 is 5.32 Å². The summed E-state index contributed by atoms with van der Waals surface area (Å²) in [6.45, 7) is 0.516. The van der Waals surface area contributed by atoms with Gasteiger partial charge in [-0.15, -0.1) is 5.10 Å². The third kappa shape index (κ3) is 4.32. The van der Waals surface area contributed by atoms with Gasteiger partial charge in [0.15, 0.2) is 0 Å². The van der Waals surface area contributed by atoms with E-state index in [1.165, 1.54) is 6.07 Å². The first-order valence-electron chi connectivity index (χ1n) is 9.22. The van der Waals surface area contributed by atoms with Gasteiger partial charge in [0.2, 0.25) is 0 Å². The zero-order chi connectivity index (χ0) is 21.1. The molecular formula is C22H17F3N4O. The lowest BCUT2D eigenvalue weighted by atomic mass is 10.1. The second-order valence-electron chi connectivity index (χ2n) is 6.81. The number of rotatable bonds is 5. The predicted octanol–water partition coefficient (Wildman–Crippen LogP) is 4.43. The number of halogens is 3. The summed E-state index contributed by atoms with van der Waals surface area (Å²) in [6, 6.07) is 19.5. The van der Waals surface area contributed by atoms with E-state index in [-0.39, 0.29) is 12.5 Å². The molecule has 0 saturated carbocycles. The van der Waals surface area contributed by atoms with Crippen LogP contribution in [0.5, 0.6) is 0 Å². The summed E-state index contributed by atoms with van der Waals surface area (Å²) in [4.78, 5) is 12.3. The number of carbonyl (C=O) groups excluding carboxylic acids is 1. The highest BCUT2D eigenvalue weighted by molar-refractivity contribution is 5.94. The molecule has 0 aliphatic heterocycles. The molecule has 3 aromatic carbocycles. The second-order valence-corrected chi connectivity index (χ2v) is 6.81. The maximum Gasteiger partial charge on any atom is 0.416 e. The Hall–Kier alpha value is -3.68. The maximum absolute atomic E-state index is 12.8. The molecule has 0 fully saturated rings. The Labute approximate surface area is 170 Å². The normalized spacial score (nSPS) is 11.6. The lowest BCUT2D eigenvalue weighted by Gasteiger charge is -2.10. The number of aromatic nitrogens is 3.